The van der Waals surface area contributed by atoms with Crippen molar-refractivity contribution in [1.29, 1.82) is 0 Å². The van der Waals surface area contributed by atoms with E-state index in [-0.39, 0.29) is 40.3 Å². The Labute approximate surface area is 173 Å². The van der Waals surface area contributed by atoms with Gasteiger partial charge in [-0.15, -0.1) is 23.4 Å². The lowest BCUT2D eigenvalue weighted by atomic mass is 10.1. The number of alkyl halides is 6. The Hall–Kier alpha value is -3.84. The molecule has 4 aromatic rings. The second-order valence-electron chi connectivity index (χ2n) is 6.41. The Morgan fingerprint density at radius 2 is 1.81 bits per heavy atom. The number of rotatable bonds is 5. The maximum Gasteiger partial charge on any atom is 0.573 e. The van der Waals surface area contributed by atoms with Crippen LogP contribution in [0.1, 0.15) is 11.1 Å². The number of halogens is 7. The van der Waals surface area contributed by atoms with Crippen LogP contribution in [0.15, 0.2) is 40.8 Å². The van der Waals surface area contributed by atoms with E-state index >= 15 is 0 Å². The maximum atomic E-state index is 14.9. The minimum atomic E-state index is -5.29. The summed E-state index contributed by atoms with van der Waals surface area (Å²) in [5, 5.41) is 15.7. The van der Waals surface area contributed by atoms with E-state index < -0.39 is 29.7 Å². The average Bonchev–Trinajstić information content (AvgIpc) is 3.36. The summed E-state index contributed by atoms with van der Waals surface area (Å²) in [6.07, 6.45) is -10.4. The number of hydrogen-bond acceptors (Lipinski definition) is 6. The number of aromatic nitrogens is 4. The summed E-state index contributed by atoms with van der Waals surface area (Å²) in [5.74, 6) is -1.86. The number of benzene rings is 2. The summed E-state index contributed by atoms with van der Waals surface area (Å²) in [6, 6.07) is 6.07. The molecule has 0 amide bonds. The predicted octanol–water partition coefficient (Wildman–Crippen LogP) is 5.28. The summed E-state index contributed by atoms with van der Waals surface area (Å²) in [6.45, 7) is -0.263. The monoisotopic (exact) mass is 461 g/mol. The van der Waals surface area contributed by atoms with E-state index in [0.29, 0.717) is 12.1 Å². The molecule has 14 heteroatoms. The summed E-state index contributed by atoms with van der Waals surface area (Å²) in [4.78, 5) is 0. The zero-order valence-electron chi connectivity index (χ0n) is 15.5. The van der Waals surface area contributed by atoms with Crippen LogP contribution in [0.2, 0.25) is 0 Å². The molecule has 0 saturated carbocycles. The summed E-state index contributed by atoms with van der Waals surface area (Å²) in [5.41, 5.74) is -1.57. The molecule has 2 aromatic heterocycles. The molecule has 168 valence electrons. The Kier molecular flexibility index (Phi) is 5.14. The molecule has 0 atom stereocenters. The van der Waals surface area contributed by atoms with Crippen molar-refractivity contribution in [3.8, 4) is 17.3 Å². The Morgan fingerprint density at radius 1 is 1.03 bits per heavy atom. The number of tetrazole rings is 1. The third-order valence-corrected chi connectivity index (χ3v) is 4.27. The van der Waals surface area contributed by atoms with Gasteiger partial charge in [-0.3, -0.25) is 0 Å². The molecule has 0 fully saturated rings. The van der Waals surface area contributed by atoms with Crippen molar-refractivity contribution in [2.24, 2.45) is 0 Å². The van der Waals surface area contributed by atoms with Crippen LogP contribution in [0.4, 0.5) is 36.4 Å². The standard InChI is InChI=1S/C18H10F7N5O2/c19-15-8(1-3-12-10(15)6-14(31-12)16-27-29-30-28-16)7-26-9-2-4-13(32-18(23,24)25)11(5-9)17(20,21)22/h1-6,26H,7H2,(H,27,28,29,30). The molecule has 0 aliphatic rings. The van der Waals surface area contributed by atoms with Crippen LogP contribution in [-0.4, -0.2) is 27.0 Å². The first-order chi connectivity index (χ1) is 15.0. The topological polar surface area (TPSA) is 88.9 Å². The number of H-pyrrole nitrogens is 1. The third kappa shape index (κ3) is 4.43. The van der Waals surface area contributed by atoms with Gasteiger partial charge in [-0.1, -0.05) is 6.07 Å². The van der Waals surface area contributed by atoms with Crippen molar-refractivity contribution in [1.82, 2.24) is 20.6 Å². The summed E-state index contributed by atoms with van der Waals surface area (Å²) in [7, 11) is 0. The van der Waals surface area contributed by atoms with E-state index in [4.69, 9.17) is 4.42 Å². The van der Waals surface area contributed by atoms with Gasteiger partial charge in [0.2, 0.25) is 5.82 Å². The molecular weight excluding hydrogens is 451 g/mol. The van der Waals surface area contributed by atoms with Crippen molar-refractivity contribution >= 4 is 16.7 Å². The van der Waals surface area contributed by atoms with Gasteiger partial charge in [0, 0.05) is 17.8 Å². The molecule has 32 heavy (non-hydrogen) atoms. The van der Waals surface area contributed by atoms with Crippen LogP contribution >= 0.6 is 0 Å². The third-order valence-electron chi connectivity index (χ3n) is 4.27. The van der Waals surface area contributed by atoms with Gasteiger partial charge in [0.1, 0.15) is 17.1 Å². The fourth-order valence-electron chi connectivity index (χ4n) is 2.91. The molecule has 0 spiro atoms. The summed E-state index contributed by atoms with van der Waals surface area (Å²) >= 11 is 0. The molecule has 2 aromatic carbocycles. The molecule has 2 heterocycles. The van der Waals surface area contributed by atoms with Gasteiger partial charge in [-0.05, 0) is 35.5 Å². The minimum absolute atomic E-state index is 0.0714. The van der Waals surface area contributed by atoms with Crippen LogP contribution in [-0.2, 0) is 12.7 Å². The van der Waals surface area contributed by atoms with Gasteiger partial charge in [0.05, 0.1) is 10.9 Å². The van der Waals surface area contributed by atoms with Crippen LogP contribution in [0, 0.1) is 5.82 Å². The van der Waals surface area contributed by atoms with Gasteiger partial charge in [0.25, 0.3) is 0 Å². The van der Waals surface area contributed by atoms with Crippen LogP contribution in [0.5, 0.6) is 5.75 Å². The van der Waals surface area contributed by atoms with Crippen molar-refractivity contribution in [3.63, 3.8) is 0 Å². The van der Waals surface area contributed by atoms with E-state index in [2.05, 4.69) is 30.7 Å². The van der Waals surface area contributed by atoms with Crippen molar-refractivity contribution in [2.75, 3.05) is 5.32 Å². The van der Waals surface area contributed by atoms with Crippen LogP contribution in [0.3, 0.4) is 0 Å². The maximum absolute atomic E-state index is 14.9. The van der Waals surface area contributed by atoms with Crippen LogP contribution < -0.4 is 10.1 Å². The highest BCUT2D eigenvalue weighted by Gasteiger charge is 2.39. The lowest BCUT2D eigenvalue weighted by Crippen LogP contribution is -2.20. The molecule has 0 saturated heterocycles. The van der Waals surface area contributed by atoms with Crippen molar-refractivity contribution in [2.45, 2.75) is 19.1 Å². The number of hydrogen-bond donors (Lipinski definition) is 2. The first kappa shape index (κ1) is 21.4. The van der Waals surface area contributed by atoms with E-state index in [1.807, 2.05) is 0 Å². The average molecular weight is 461 g/mol. The molecule has 0 aliphatic heterocycles. The second-order valence-corrected chi connectivity index (χ2v) is 6.41. The Bertz CT molecular complexity index is 1250. The molecular formula is C18H10F7N5O2. The molecule has 0 radical (unpaired) electrons. The first-order valence-electron chi connectivity index (χ1n) is 8.67. The zero-order chi connectivity index (χ0) is 23.1. The Morgan fingerprint density at radius 3 is 2.47 bits per heavy atom. The highest BCUT2D eigenvalue weighted by Crippen LogP contribution is 2.40. The highest BCUT2D eigenvalue weighted by molar-refractivity contribution is 5.83. The van der Waals surface area contributed by atoms with E-state index in [1.54, 1.807) is 0 Å². The normalized spacial score (nSPS) is 12.3. The molecule has 4 rings (SSSR count). The van der Waals surface area contributed by atoms with Gasteiger partial charge < -0.3 is 14.5 Å². The van der Waals surface area contributed by atoms with Crippen molar-refractivity contribution < 1.29 is 39.9 Å². The number of furan rings is 1. The fraction of sp³-hybridized carbons (Fsp3) is 0.167. The number of nitrogens with zero attached hydrogens (tertiary/aromatic N) is 3. The largest absolute Gasteiger partial charge is 0.573 e. The first-order valence-corrected chi connectivity index (χ1v) is 8.67. The molecule has 0 unspecified atom stereocenters. The number of nitrogens with one attached hydrogen (secondary N) is 2. The van der Waals surface area contributed by atoms with E-state index in [0.717, 1.165) is 6.07 Å². The predicted molar refractivity (Wildman–Crippen MR) is 94.8 cm³/mol. The lowest BCUT2D eigenvalue weighted by Gasteiger charge is -2.17. The summed E-state index contributed by atoms with van der Waals surface area (Å²) < 4.78 is 100. The molecule has 2 N–H and O–H groups in total. The van der Waals surface area contributed by atoms with Gasteiger partial charge in [-0.25, -0.2) is 4.39 Å². The molecule has 0 bridgehead atoms. The fourth-order valence-corrected chi connectivity index (χ4v) is 2.91. The van der Waals surface area contributed by atoms with Gasteiger partial charge in [-0.2, -0.15) is 18.4 Å². The zero-order valence-corrected chi connectivity index (χ0v) is 15.5. The number of fused-ring (bicyclic) bond motifs is 1. The van der Waals surface area contributed by atoms with Gasteiger partial charge >= 0.3 is 12.5 Å². The smallest absolute Gasteiger partial charge is 0.452 e. The minimum Gasteiger partial charge on any atom is -0.452 e. The molecule has 7 nitrogen and oxygen atoms in total. The molecule has 0 aliphatic carbocycles. The van der Waals surface area contributed by atoms with E-state index in [1.165, 1.54) is 18.2 Å². The van der Waals surface area contributed by atoms with Crippen LogP contribution in [0.25, 0.3) is 22.6 Å². The number of anilines is 1. The Balaban J connectivity index is 1.58. The lowest BCUT2D eigenvalue weighted by molar-refractivity contribution is -0.276. The van der Waals surface area contributed by atoms with E-state index in [9.17, 15) is 30.7 Å². The number of ether oxygens (including phenoxy) is 1. The highest BCUT2D eigenvalue weighted by atomic mass is 19.4. The van der Waals surface area contributed by atoms with Gasteiger partial charge in [0.15, 0.2) is 5.76 Å². The second kappa shape index (κ2) is 7.69. The SMILES string of the molecule is Fc1c(CNc2ccc(OC(F)(F)F)c(C(F)(F)F)c2)ccc2oc(-c3nn[nH]n3)cc12. The quantitative estimate of drug-likeness (QED) is 0.393. The van der Waals surface area contributed by atoms with Crippen molar-refractivity contribution in [3.05, 3.63) is 53.3 Å². The number of aromatic amines is 1.